The summed E-state index contributed by atoms with van der Waals surface area (Å²) in [6, 6.07) is 7.78. The molecular weight excluding hydrogens is 346 g/mol. The van der Waals surface area contributed by atoms with Gasteiger partial charge in [-0.05, 0) is 38.8 Å². The normalized spacial score (nSPS) is 17.5. The van der Waals surface area contributed by atoms with Crippen LogP contribution in [0.25, 0.3) is 28.1 Å². The second-order valence-corrected chi connectivity index (χ2v) is 7.03. The van der Waals surface area contributed by atoms with Crippen molar-refractivity contribution in [2.75, 3.05) is 6.61 Å². The first-order valence-corrected chi connectivity index (χ1v) is 9.11. The molecule has 27 heavy (non-hydrogen) atoms. The van der Waals surface area contributed by atoms with Crippen LogP contribution in [0.2, 0.25) is 0 Å². The fourth-order valence-electron chi connectivity index (χ4n) is 3.74. The largest absolute Gasteiger partial charge is 0.370 e. The first-order valence-electron chi connectivity index (χ1n) is 9.11. The summed E-state index contributed by atoms with van der Waals surface area (Å²) < 4.78 is 14.6. The lowest BCUT2D eigenvalue weighted by Gasteiger charge is -2.15. The highest BCUT2D eigenvalue weighted by Crippen LogP contribution is 2.29. The number of para-hydroxylation sites is 2. The van der Waals surface area contributed by atoms with Crippen molar-refractivity contribution in [1.29, 1.82) is 0 Å². The Morgan fingerprint density at radius 3 is 2.78 bits per heavy atom. The van der Waals surface area contributed by atoms with Gasteiger partial charge in [0.15, 0.2) is 5.69 Å². The van der Waals surface area contributed by atoms with Gasteiger partial charge in [0.1, 0.15) is 17.9 Å². The molecule has 1 aliphatic heterocycles. The Labute approximate surface area is 154 Å². The van der Waals surface area contributed by atoms with E-state index in [1.54, 1.807) is 15.3 Å². The van der Waals surface area contributed by atoms with Crippen LogP contribution in [0.5, 0.6) is 0 Å². The fourth-order valence-corrected chi connectivity index (χ4v) is 3.74. The summed E-state index contributed by atoms with van der Waals surface area (Å²) in [7, 11) is 0. The van der Waals surface area contributed by atoms with Crippen LogP contribution in [0.1, 0.15) is 44.7 Å². The minimum atomic E-state index is -0.149. The summed E-state index contributed by atoms with van der Waals surface area (Å²) in [5.41, 5.74) is 2.47. The maximum atomic E-state index is 13.3. The van der Waals surface area contributed by atoms with Crippen LogP contribution in [0, 0.1) is 0 Å². The average molecular weight is 365 g/mol. The minimum absolute atomic E-state index is 0.000264. The number of imidazole rings is 1. The van der Waals surface area contributed by atoms with E-state index in [0.29, 0.717) is 23.6 Å². The summed E-state index contributed by atoms with van der Waals surface area (Å²) in [5, 5.41) is 4.04. The lowest BCUT2D eigenvalue weighted by Crippen LogP contribution is -2.24. The Morgan fingerprint density at radius 1 is 1.22 bits per heavy atom. The highest BCUT2D eigenvalue weighted by molar-refractivity contribution is 5.83. The van der Waals surface area contributed by atoms with Crippen molar-refractivity contribution in [1.82, 2.24) is 24.1 Å². The van der Waals surface area contributed by atoms with Gasteiger partial charge in [-0.3, -0.25) is 9.20 Å². The number of rotatable bonds is 3. The van der Waals surface area contributed by atoms with Crippen LogP contribution in [0.3, 0.4) is 0 Å². The van der Waals surface area contributed by atoms with Gasteiger partial charge < -0.3 is 13.8 Å². The molecule has 0 radical (unpaired) electrons. The topological polar surface area (TPSA) is 87.5 Å². The molecule has 1 aliphatic rings. The summed E-state index contributed by atoms with van der Waals surface area (Å²) in [4.78, 5) is 22.2. The van der Waals surface area contributed by atoms with Gasteiger partial charge in [-0.1, -0.05) is 17.3 Å². The fraction of sp³-hybridized carbons (Fsp3) is 0.368. The van der Waals surface area contributed by atoms with Crippen molar-refractivity contribution in [3.05, 3.63) is 46.8 Å². The predicted molar refractivity (Wildman–Crippen MR) is 98.6 cm³/mol. The van der Waals surface area contributed by atoms with Gasteiger partial charge in [-0.25, -0.2) is 4.98 Å². The molecule has 1 aromatic carbocycles. The van der Waals surface area contributed by atoms with E-state index in [4.69, 9.17) is 9.26 Å². The maximum Gasteiger partial charge on any atom is 0.279 e. The van der Waals surface area contributed by atoms with Crippen LogP contribution in [-0.2, 0) is 4.74 Å². The highest BCUT2D eigenvalue weighted by Gasteiger charge is 2.26. The van der Waals surface area contributed by atoms with E-state index in [-0.39, 0.29) is 23.6 Å². The third kappa shape index (κ3) is 2.40. The molecule has 1 unspecified atom stereocenters. The van der Waals surface area contributed by atoms with E-state index in [9.17, 15) is 4.79 Å². The van der Waals surface area contributed by atoms with Crippen molar-refractivity contribution in [3.63, 3.8) is 0 Å². The van der Waals surface area contributed by atoms with E-state index in [1.165, 1.54) is 0 Å². The van der Waals surface area contributed by atoms with Gasteiger partial charge >= 0.3 is 0 Å². The molecule has 0 spiro atoms. The van der Waals surface area contributed by atoms with E-state index in [2.05, 4.69) is 15.1 Å². The molecule has 0 amide bonds. The molecule has 0 aliphatic carbocycles. The molecule has 0 saturated carbocycles. The molecule has 138 valence electrons. The number of hydrogen-bond donors (Lipinski definition) is 0. The van der Waals surface area contributed by atoms with E-state index in [0.717, 1.165) is 23.9 Å². The van der Waals surface area contributed by atoms with E-state index >= 15 is 0 Å². The molecule has 3 aromatic heterocycles. The SMILES string of the molecule is CC(C)n1c(=O)c2c(-c3nc(C4CCCO4)no3)ncn2c2ccccc21. The van der Waals surface area contributed by atoms with Gasteiger partial charge in [0.05, 0.1) is 11.0 Å². The zero-order valence-electron chi connectivity index (χ0n) is 15.1. The molecule has 5 rings (SSSR count). The first-order chi connectivity index (χ1) is 13.1. The average Bonchev–Trinajstić information content (AvgIpc) is 3.40. The monoisotopic (exact) mass is 365 g/mol. The minimum Gasteiger partial charge on any atom is -0.370 e. The lowest BCUT2D eigenvalue weighted by atomic mass is 10.2. The molecule has 1 saturated heterocycles. The Kier molecular flexibility index (Phi) is 3.61. The molecule has 1 atom stereocenters. The van der Waals surface area contributed by atoms with Crippen LogP contribution in [0.4, 0.5) is 0 Å². The number of nitrogens with zero attached hydrogens (tertiary/aromatic N) is 5. The second kappa shape index (κ2) is 6.02. The van der Waals surface area contributed by atoms with Gasteiger partial charge in [0.2, 0.25) is 5.82 Å². The van der Waals surface area contributed by atoms with Crippen LogP contribution in [0.15, 0.2) is 39.9 Å². The molecule has 8 nitrogen and oxygen atoms in total. The summed E-state index contributed by atoms with van der Waals surface area (Å²) >= 11 is 0. The predicted octanol–water partition coefficient (Wildman–Crippen LogP) is 3.13. The smallest absolute Gasteiger partial charge is 0.279 e. The Hall–Kier alpha value is -3.00. The molecule has 1 fully saturated rings. The summed E-state index contributed by atoms with van der Waals surface area (Å²) in [6.07, 6.45) is 3.33. The first kappa shape index (κ1) is 16.2. The van der Waals surface area contributed by atoms with Crippen molar-refractivity contribution in [2.45, 2.75) is 38.8 Å². The molecule has 8 heteroatoms. The second-order valence-electron chi connectivity index (χ2n) is 7.03. The van der Waals surface area contributed by atoms with Crippen LogP contribution in [-0.4, -0.2) is 30.7 Å². The highest BCUT2D eigenvalue weighted by atomic mass is 16.5. The van der Waals surface area contributed by atoms with E-state index in [1.807, 2.05) is 38.1 Å². The zero-order valence-corrected chi connectivity index (χ0v) is 15.1. The molecule has 0 bridgehead atoms. The molecule has 0 N–H and O–H groups in total. The number of hydrogen-bond acceptors (Lipinski definition) is 6. The number of aromatic nitrogens is 5. The Bertz CT molecular complexity index is 1200. The zero-order chi connectivity index (χ0) is 18.5. The van der Waals surface area contributed by atoms with E-state index < -0.39 is 0 Å². The summed E-state index contributed by atoms with van der Waals surface area (Å²) in [5.74, 6) is 0.749. The van der Waals surface area contributed by atoms with Crippen LogP contribution < -0.4 is 5.56 Å². The molecular formula is C19H19N5O3. The maximum absolute atomic E-state index is 13.3. The standard InChI is InChI=1S/C19H19N5O3/c1-11(2)24-13-7-4-3-6-12(13)23-10-20-15(16(23)19(24)25)18-21-17(22-27-18)14-8-5-9-26-14/h3-4,6-7,10-11,14H,5,8-9H2,1-2H3. The Morgan fingerprint density at radius 2 is 2.04 bits per heavy atom. The van der Waals surface area contributed by atoms with Crippen molar-refractivity contribution < 1.29 is 9.26 Å². The van der Waals surface area contributed by atoms with Crippen molar-refractivity contribution in [3.8, 4) is 11.6 Å². The van der Waals surface area contributed by atoms with Crippen LogP contribution >= 0.6 is 0 Å². The number of ether oxygens (including phenoxy) is 1. The lowest BCUT2D eigenvalue weighted by molar-refractivity contribution is 0.103. The number of benzene rings is 1. The van der Waals surface area contributed by atoms with Gasteiger partial charge in [0.25, 0.3) is 11.4 Å². The molecule has 4 aromatic rings. The quantitative estimate of drug-likeness (QED) is 0.554. The van der Waals surface area contributed by atoms with Gasteiger partial charge in [0, 0.05) is 12.6 Å². The van der Waals surface area contributed by atoms with Crippen molar-refractivity contribution in [2.24, 2.45) is 0 Å². The third-order valence-electron chi connectivity index (χ3n) is 4.97. The van der Waals surface area contributed by atoms with Crippen molar-refractivity contribution >= 4 is 16.6 Å². The van der Waals surface area contributed by atoms with Gasteiger partial charge in [-0.15, -0.1) is 0 Å². The number of fused-ring (bicyclic) bond motifs is 3. The Balaban J connectivity index is 1.76. The molecule has 4 heterocycles. The third-order valence-corrected chi connectivity index (χ3v) is 4.97. The van der Waals surface area contributed by atoms with Gasteiger partial charge in [-0.2, -0.15) is 4.98 Å². The summed E-state index contributed by atoms with van der Waals surface area (Å²) in [6.45, 7) is 4.68.